The van der Waals surface area contributed by atoms with Crippen LogP contribution in [0.3, 0.4) is 0 Å². The summed E-state index contributed by atoms with van der Waals surface area (Å²) in [6.45, 7) is 0. The van der Waals surface area contributed by atoms with Crippen molar-refractivity contribution < 1.29 is 5.11 Å². The Hall–Kier alpha value is -1.30. The summed E-state index contributed by atoms with van der Waals surface area (Å²) in [4.78, 5) is 1.04. The van der Waals surface area contributed by atoms with Gasteiger partial charge in [-0.2, -0.15) is 0 Å². The van der Waals surface area contributed by atoms with E-state index in [9.17, 15) is 5.11 Å². The molecule has 2 rings (SSSR count). The summed E-state index contributed by atoms with van der Waals surface area (Å²) in [6.07, 6.45) is 7.18. The van der Waals surface area contributed by atoms with Crippen LogP contribution in [0.15, 0.2) is 30.3 Å². The van der Waals surface area contributed by atoms with Crippen molar-refractivity contribution in [3.05, 3.63) is 35.2 Å². The minimum atomic E-state index is -0.370. The largest absolute Gasteiger partial charge is 0.388 e. The van der Waals surface area contributed by atoms with Gasteiger partial charge in [-0.1, -0.05) is 18.2 Å². The molecule has 1 unspecified atom stereocenters. The number of hydrogen-bond donors (Lipinski definition) is 1. The third kappa shape index (κ3) is 2.44. The first-order valence-electron chi connectivity index (χ1n) is 5.41. The van der Waals surface area contributed by atoms with Gasteiger partial charge in [-0.25, -0.2) is 0 Å². The molecule has 0 aliphatic heterocycles. The van der Waals surface area contributed by atoms with E-state index >= 15 is 0 Å². The van der Waals surface area contributed by atoms with Crippen LogP contribution in [0.25, 0.3) is 10.1 Å². The highest BCUT2D eigenvalue weighted by Crippen LogP contribution is 2.31. The quantitative estimate of drug-likeness (QED) is 0.626. The van der Waals surface area contributed by atoms with E-state index in [1.807, 2.05) is 12.1 Å². The van der Waals surface area contributed by atoms with Gasteiger partial charge in [-0.05, 0) is 30.4 Å². The Morgan fingerprint density at radius 2 is 2.19 bits per heavy atom. The predicted molar refractivity (Wildman–Crippen MR) is 69.5 cm³/mol. The number of unbranched alkanes of at least 4 members (excludes halogenated alkanes) is 1. The van der Waals surface area contributed by atoms with E-state index in [-0.39, 0.29) is 6.10 Å². The molecule has 0 aliphatic carbocycles. The Labute approximate surface area is 99.7 Å². The zero-order valence-corrected chi connectivity index (χ0v) is 9.83. The van der Waals surface area contributed by atoms with Gasteiger partial charge in [0, 0.05) is 16.0 Å². The summed E-state index contributed by atoms with van der Waals surface area (Å²) in [5, 5.41) is 11.2. The van der Waals surface area contributed by atoms with Crippen molar-refractivity contribution in [2.75, 3.05) is 0 Å². The molecule has 0 aliphatic rings. The zero-order valence-electron chi connectivity index (χ0n) is 9.02. The summed E-state index contributed by atoms with van der Waals surface area (Å²) in [6, 6.07) is 10.3. The number of rotatable bonds is 4. The van der Waals surface area contributed by atoms with Crippen molar-refractivity contribution in [2.45, 2.75) is 25.4 Å². The molecule has 2 heteroatoms. The van der Waals surface area contributed by atoms with Gasteiger partial charge in [-0.15, -0.1) is 23.7 Å². The predicted octanol–water partition coefficient (Wildman–Crippen LogP) is 3.74. The van der Waals surface area contributed by atoms with Crippen molar-refractivity contribution in [3.8, 4) is 12.3 Å². The molecule has 0 spiro atoms. The summed E-state index contributed by atoms with van der Waals surface area (Å²) < 4.78 is 1.23. The van der Waals surface area contributed by atoms with Gasteiger partial charge in [0.2, 0.25) is 0 Å². The van der Waals surface area contributed by atoms with E-state index < -0.39 is 0 Å². The molecule has 82 valence electrons. The summed E-state index contributed by atoms with van der Waals surface area (Å²) in [7, 11) is 0. The molecule has 0 saturated heterocycles. The lowest BCUT2D eigenvalue weighted by Gasteiger charge is -2.05. The number of benzene rings is 1. The number of thiophene rings is 1. The number of fused-ring (bicyclic) bond motifs is 1. The molecule has 1 aromatic carbocycles. The molecule has 1 N–H and O–H groups in total. The fourth-order valence-corrected chi connectivity index (χ4v) is 2.79. The van der Waals surface area contributed by atoms with Crippen LogP contribution < -0.4 is 0 Å². The Morgan fingerprint density at radius 1 is 1.38 bits per heavy atom. The second-order valence-corrected chi connectivity index (χ2v) is 4.91. The molecule has 1 nitrogen and oxygen atoms in total. The highest BCUT2D eigenvalue weighted by Gasteiger charge is 2.10. The van der Waals surface area contributed by atoms with Gasteiger partial charge in [0.05, 0.1) is 6.10 Å². The third-order valence-electron chi connectivity index (χ3n) is 2.57. The van der Waals surface area contributed by atoms with Crippen LogP contribution in [0.1, 0.15) is 30.2 Å². The molecule has 0 radical (unpaired) electrons. The van der Waals surface area contributed by atoms with E-state index in [0.717, 1.165) is 24.1 Å². The van der Waals surface area contributed by atoms with Crippen LogP contribution in [0.5, 0.6) is 0 Å². The van der Waals surface area contributed by atoms with E-state index in [1.54, 1.807) is 11.3 Å². The minimum absolute atomic E-state index is 0.370. The SMILES string of the molecule is C#CCCCC(O)c1cc2ccccc2s1. The van der Waals surface area contributed by atoms with Gasteiger partial charge < -0.3 is 5.11 Å². The highest BCUT2D eigenvalue weighted by molar-refractivity contribution is 7.19. The second kappa shape index (κ2) is 5.16. The fraction of sp³-hybridized carbons (Fsp3) is 0.286. The molecule has 1 heterocycles. The Kier molecular flexibility index (Phi) is 3.61. The Balaban J connectivity index is 2.11. The second-order valence-electron chi connectivity index (χ2n) is 3.80. The van der Waals surface area contributed by atoms with Gasteiger partial charge in [0.15, 0.2) is 0 Å². The van der Waals surface area contributed by atoms with Gasteiger partial charge in [0.1, 0.15) is 0 Å². The lowest BCUT2D eigenvalue weighted by atomic mass is 10.1. The zero-order chi connectivity index (χ0) is 11.4. The topological polar surface area (TPSA) is 20.2 Å². The van der Waals surface area contributed by atoms with Crippen LogP contribution >= 0.6 is 11.3 Å². The summed E-state index contributed by atoms with van der Waals surface area (Å²) in [5.41, 5.74) is 0. The molecular weight excluding hydrogens is 216 g/mol. The molecule has 0 bridgehead atoms. The smallest absolute Gasteiger partial charge is 0.0882 e. The first-order valence-corrected chi connectivity index (χ1v) is 6.23. The van der Waals surface area contributed by atoms with Crippen LogP contribution in [-0.2, 0) is 0 Å². The van der Waals surface area contributed by atoms with Gasteiger partial charge in [0.25, 0.3) is 0 Å². The molecule has 0 fully saturated rings. The Morgan fingerprint density at radius 3 is 2.94 bits per heavy atom. The van der Waals surface area contributed by atoms with E-state index in [2.05, 4.69) is 24.1 Å². The van der Waals surface area contributed by atoms with Crippen LogP contribution in [-0.4, -0.2) is 5.11 Å². The maximum absolute atomic E-state index is 9.99. The average Bonchev–Trinajstić information content (AvgIpc) is 2.73. The van der Waals surface area contributed by atoms with Crippen LogP contribution in [0.2, 0.25) is 0 Å². The van der Waals surface area contributed by atoms with Crippen molar-refractivity contribution in [2.24, 2.45) is 0 Å². The van der Waals surface area contributed by atoms with Crippen molar-refractivity contribution >= 4 is 21.4 Å². The molecule has 1 atom stereocenters. The maximum Gasteiger partial charge on any atom is 0.0882 e. The summed E-state index contributed by atoms with van der Waals surface area (Å²) in [5.74, 6) is 2.59. The average molecular weight is 230 g/mol. The standard InChI is InChI=1S/C14H14OS/c1-2-3-4-8-12(15)14-10-11-7-5-6-9-13(11)16-14/h1,5-7,9-10,12,15H,3-4,8H2. The lowest BCUT2D eigenvalue weighted by molar-refractivity contribution is 0.169. The van der Waals surface area contributed by atoms with Crippen LogP contribution in [0.4, 0.5) is 0 Å². The number of terminal acetylenes is 1. The maximum atomic E-state index is 9.99. The van der Waals surface area contributed by atoms with Crippen molar-refractivity contribution in [1.29, 1.82) is 0 Å². The molecule has 1 aromatic heterocycles. The fourth-order valence-electron chi connectivity index (χ4n) is 1.71. The first-order chi connectivity index (χ1) is 7.81. The monoisotopic (exact) mass is 230 g/mol. The number of aliphatic hydroxyl groups excluding tert-OH is 1. The number of hydrogen-bond acceptors (Lipinski definition) is 2. The first kappa shape index (κ1) is 11.2. The van der Waals surface area contributed by atoms with Gasteiger partial charge in [-0.3, -0.25) is 0 Å². The minimum Gasteiger partial charge on any atom is -0.388 e. The normalized spacial score (nSPS) is 12.5. The van der Waals surface area contributed by atoms with E-state index in [1.165, 1.54) is 10.1 Å². The summed E-state index contributed by atoms with van der Waals surface area (Å²) >= 11 is 1.66. The third-order valence-corrected chi connectivity index (χ3v) is 3.79. The molecule has 0 amide bonds. The molecular formula is C14H14OS. The Bertz CT molecular complexity index is 474. The molecule has 16 heavy (non-hydrogen) atoms. The number of aliphatic hydroxyl groups is 1. The van der Waals surface area contributed by atoms with E-state index in [0.29, 0.717) is 0 Å². The lowest BCUT2D eigenvalue weighted by Crippen LogP contribution is -1.93. The van der Waals surface area contributed by atoms with Gasteiger partial charge >= 0.3 is 0 Å². The molecule has 0 saturated carbocycles. The van der Waals surface area contributed by atoms with Crippen LogP contribution in [0, 0.1) is 12.3 Å². The highest BCUT2D eigenvalue weighted by atomic mass is 32.1. The van der Waals surface area contributed by atoms with Crippen molar-refractivity contribution in [3.63, 3.8) is 0 Å². The molecule has 2 aromatic rings. The van der Waals surface area contributed by atoms with E-state index in [4.69, 9.17) is 6.42 Å². The van der Waals surface area contributed by atoms with Crippen molar-refractivity contribution in [1.82, 2.24) is 0 Å².